The average Bonchev–Trinajstić information content (AvgIpc) is 2.81. The Labute approximate surface area is 110 Å². The maximum atomic E-state index is 13.0. The van der Waals surface area contributed by atoms with Crippen LogP contribution >= 0.6 is 0 Å². The Morgan fingerprint density at radius 1 is 1.37 bits per heavy atom. The van der Waals surface area contributed by atoms with Gasteiger partial charge >= 0.3 is 0 Å². The van der Waals surface area contributed by atoms with Gasteiger partial charge in [0.2, 0.25) is 0 Å². The molecule has 0 spiro atoms. The fourth-order valence-corrected chi connectivity index (χ4v) is 1.82. The zero-order valence-electron chi connectivity index (χ0n) is 10.7. The van der Waals surface area contributed by atoms with E-state index in [1.165, 1.54) is 12.1 Å². The van der Waals surface area contributed by atoms with Crippen LogP contribution in [0.15, 0.2) is 47.1 Å². The van der Waals surface area contributed by atoms with Crippen LogP contribution in [0.1, 0.15) is 5.76 Å². The summed E-state index contributed by atoms with van der Waals surface area (Å²) >= 11 is 0. The Morgan fingerprint density at radius 2 is 2.21 bits per heavy atom. The van der Waals surface area contributed by atoms with E-state index >= 15 is 0 Å². The molecule has 2 N–H and O–H groups in total. The van der Waals surface area contributed by atoms with Gasteiger partial charge in [-0.3, -0.25) is 4.79 Å². The first-order chi connectivity index (χ1) is 9.13. The van der Waals surface area contributed by atoms with Gasteiger partial charge in [-0.15, -0.1) is 0 Å². The molecule has 0 radical (unpaired) electrons. The summed E-state index contributed by atoms with van der Waals surface area (Å²) in [7, 11) is 1.90. The number of benzene rings is 1. The average molecular weight is 263 g/mol. The van der Waals surface area contributed by atoms with E-state index in [0.29, 0.717) is 12.2 Å². The summed E-state index contributed by atoms with van der Waals surface area (Å²) in [6.45, 7) is 0.917. The standard InChI is InChI=1S/C14H15FN2O2/c1-17(9-13-6-3-7-19-13)10-14(18)16-12-5-2-4-11(15)8-12/h2-8H,9-10H2,1H3,(H,16,18)/p+1. The van der Waals surface area contributed by atoms with Crippen LogP contribution in [0.5, 0.6) is 0 Å². The second kappa shape index (κ2) is 6.15. The molecule has 1 heterocycles. The normalized spacial score (nSPS) is 12.1. The lowest BCUT2D eigenvalue weighted by Crippen LogP contribution is -3.08. The third kappa shape index (κ3) is 4.22. The van der Waals surface area contributed by atoms with E-state index in [1.54, 1.807) is 18.4 Å². The zero-order valence-corrected chi connectivity index (χ0v) is 10.7. The number of carbonyl (C=O) groups excluding carboxylic acids is 1. The highest BCUT2D eigenvalue weighted by molar-refractivity contribution is 5.91. The Hall–Kier alpha value is -2.14. The van der Waals surface area contributed by atoms with Crippen LogP contribution in [-0.4, -0.2) is 19.5 Å². The third-order valence-electron chi connectivity index (χ3n) is 2.63. The van der Waals surface area contributed by atoms with Crippen LogP contribution < -0.4 is 10.2 Å². The molecule has 100 valence electrons. The summed E-state index contributed by atoms with van der Waals surface area (Å²) in [6, 6.07) is 9.53. The summed E-state index contributed by atoms with van der Waals surface area (Å²) in [5.74, 6) is 0.305. The molecule has 0 aliphatic carbocycles. The quantitative estimate of drug-likeness (QED) is 0.847. The molecule has 1 atom stereocenters. The second-order valence-corrected chi connectivity index (χ2v) is 4.45. The molecule has 2 aromatic rings. The topological polar surface area (TPSA) is 46.7 Å². The molecule has 2 rings (SSSR count). The van der Waals surface area contributed by atoms with E-state index < -0.39 is 0 Å². The molecule has 1 amide bonds. The van der Waals surface area contributed by atoms with Crippen LogP contribution in [0.4, 0.5) is 10.1 Å². The minimum absolute atomic E-state index is 0.158. The Balaban J connectivity index is 1.84. The highest BCUT2D eigenvalue weighted by atomic mass is 19.1. The van der Waals surface area contributed by atoms with Gasteiger partial charge in [-0.1, -0.05) is 6.07 Å². The van der Waals surface area contributed by atoms with E-state index in [1.807, 2.05) is 19.2 Å². The lowest BCUT2D eigenvalue weighted by atomic mass is 10.3. The summed E-state index contributed by atoms with van der Waals surface area (Å²) in [6.07, 6.45) is 1.61. The molecular weight excluding hydrogens is 247 g/mol. The van der Waals surface area contributed by atoms with Crippen LogP contribution in [-0.2, 0) is 11.3 Å². The number of hydrogen-bond acceptors (Lipinski definition) is 2. The summed E-state index contributed by atoms with van der Waals surface area (Å²) < 4.78 is 18.2. The van der Waals surface area contributed by atoms with Gasteiger partial charge < -0.3 is 14.6 Å². The molecule has 1 aromatic carbocycles. The van der Waals surface area contributed by atoms with Gasteiger partial charge in [0.05, 0.1) is 13.3 Å². The molecular formula is C14H16FN2O2+. The van der Waals surface area contributed by atoms with Crippen molar-refractivity contribution in [1.29, 1.82) is 0 Å². The number of likely N-dealkylation sites (N-methyl/N-ethyl adjacent to an activating group) is 1. The van der Waals surface area contributed by atoms with Crippen molar-refractivity contribution in [2.45, 2.75) is 6.54 Å². The number of amides is 1. The van der Waals surface area contributed by atoms with Crippen molar-refractivity contribution < 1.29 is 18.5 Å². The molecule has 0 aliphatic heterocycles. The number of rotatable bonds is 5. The van der Waals surface area contributed by atoms with Crippen LogP contribution in [0, 0.1) is 5.82 Å². The lowest BCUT2D eigenvalue weighted by molar-refractivity contribution is -0.886. The predicted molar refractivity (Wildman–Crippen MR) is 69.2 cm³/mol. The highest BCUT2D eigenvalue weighted by Crippen LogP contribution is 2.08. The predicted octanol–water partition coefficient (Wildman–Crippen LogP) is 1.07. The first-order valence-electron chi connectivity index (χ1n) is 6.02. The number of nitrogens with one attached hydrogen (secondary N) is 2. The van der Waals surface area contributed by atoms with Crippen LogP contribution in [0.3, 0.4) is 0 Å². The molecule has 5 heteroatoms. The van der Waals surface area contributed by atoms with Crippen molar-refractivity contribution in [2.75, 3.05) is 18.9 Å². The fourth-order valence-electron chi connectivity index (χ4n) is 1.82. The van der Waals surface area contributed by atoms with Gasteiger partial charge in [-0.05, 0) is 30.3 Å². The van der Waals surface area contributed by atoms with Crippen molar-refractivity contribution in [2.24, 2.45) is 0 Å². The molecule has 19 heavy (non-hydrogen) atoms. The zero-order chi connectivity index (χ0) is 13.7. The van der Waals surface area contributed by atoms with Gasteiger partial charge in [0.25, 0.3) is 5.91 Å². The largest absolute Gasteiger partial charge is 0.463 e. The molecule has 1 aromatic heterocycles. The summed E-state index contributed by atoms with van der Waals surface area (Å²) in [5, 5.41) is 2.66. The molecule has 1 unspecified atom stereocenters. The van der Waals surface area contributed by atoms with Crippen molar-refractivity contribution in [3.8, 4) is 0 Å². The molecule has 0 saturated carbocycles. The second-order valence-electron chi connectivity index (χ2n) is 4.45. The van der Waals surface area contributed by atoms with E-state index in [0.717, 1.165) is 10.7 Å². The SMILES string of the molecule is C[NH+](CC(=O)Nc1cccc(F)c1)Cc1ccco1. The first kappa shape index (κ1) is 13.3. The van der Waals surface area contributed by atoms with E-state index in [4.69, 9.17) is 4.42 Å². The number of furan rings is 1. The van der Waals surface area contributed by atoms with Crippen LogP contribution in [0.2, 0.25) is 0 Å². The maximum absolute atomic E-state index is 13.0. The maximum Gasteiger partial charge on any atom is 0.279 e. The van der Waals surface area contributed by atoms with E-state index in [2.05, 4.69) is 5.32 Å². The van der Waals surface area contributed by atoms with E-state index in [-0.39, 0.29) is 18.3 Å². The Morgan fingerprint density at radius 3 is 2.89 bits per heavy atom. The van der Waals surface area contributed by atoms with Gasteiger partial charge in [-0.25, -0.2) is 4.39 Å². The molecule has 0 aliphatic rings. The minimum atomic E-state index is -0.367. The molecule has 4 nitrogen and oxygen atoms in total. The number of halogens is 1. The monoisotopic (exact) mass is 263 g/mol. The number of carbonyl (C=O) groups is 1. The highest BCUT2D eigenvalue weighted by Gasteiger charge is 2.12. The molecule has 0 bridgehead atoms. The first-order valence-corrected chi connectivity index (χ1v) is 6.02. The smallest absolute Gasteiger partial charge is 0.279 e. The van der Waals surface area contributed by atoms with Crippen molar-refractivity contribution in [3.63, 3.8) is 0 Å². The Kier molecular flexibility index (Phi) is 4.30. The minimum Gasteiger partial charge on any atom is -0.463 e. The number of anilines is 1. The molecule has 0 saturated heterocycles. The van der Waals surface area contributed by atoms with Crippen molar-refractivity contribution in [3.05, 3.63) is 54.2 Å². The lowest BCUT2D eigenvalue weighted by Gasteiger charge is -2.12. The van der Waals surface area contributed by atoms with Gasteiger partial charge in [0.15, 0.2) is 12.3 Å². The molecule has 0 fully saturated rings. The van der Waals surface area contributed by atoms with Crippen LogP contribution in [0.25, 0.3) is 0 Å². The summed E-state index contributed by atoms with van der Waals surface area (Å²) in [5.41, 5.74) is 0.468. The summed E-state index contributed by atoms with van der Waals surface area (Å²) in [4.78, 5) is 12.8. The van der Waals surface area contributed by atoms with Crippen molar-refractivity contribution in [1.82, 2.24) is 0 Å². The van der Waals surface area contributed by atoms with Gasteiger partial charge in [-0.2, -0.15) is 0 Å². The van der Waals surface area contributed by atoms with E-state index in [9.17, 15) is 9.18 Å². The van der Waals surface area contributed by atoms with Gasteiger partial charge in [0.1, 0.15) is 12.4 Å². The van der Waals surface area contributed by atoms with Gasteiger partial charge in [0, 0.05) is 5.69 Å². The fraction of sp³-hybridized carbons (Fsp3) is 0.214. The number of quaternary nitrogens is 1. The third-order valence-corrected chi connectivity index (χ3v) is 2.63. The van der Waals surface area contributed by atoms with Crippen molar-refractivity contribution >= 4 is 11.6 Å². The number of hydrogen-bond donors (Lipinski definition) is 2. The Bertz CT molecular complexity index is 540.